The molecule has 0 amide bonds. The van der Waals surface area contributed by atoms with Gasteiger partial charge in [-0.05, 0) is 6.07 Å². The van der Waals surface area contributed by atoms with Crippen LogP contribution < -0.4 is 10.5 Å². The molecule has 0 spiro atoms. The molecule has 82 valence electrons. The highest BCUT2D eigenvalue weighted by Gasteiger charge is 2.04. The van der Waals surface area contributed by atoms with Crippen LogP contribution in [0.3, 0.4) is 0 Å². The number of nitrogens with zero attached hydrogens (tertiary/aromatic N) is 4. The maximum Gasteiger partial charge on any atom is 0.340 e. The summed E-state index contributed by atoms with van der Waals surface area (Å²) in [6, 6.07) is 3.58. The summed E-state index contributed by atoms with van der Waals surface area (Å²) in [6.45, 7) is 0. The van der Waals surface area contributed by atoms with E-state index in [1.165, 1.54) is 0 Å². The molecule has 0 fully saturated rings. The van der Waals surface area contributed by atoms with E-state index in [4.69, 9.17) is 22.7 Å². The van der Waals surface area contributed by atoms with E-state index < -0.39 is 0 Å². The Balaban J connectivity index is 2.21. The fourth-order valence-electron chi connectivity index (χ4n) is 1.08. The molecule has 7 heteroatoms. The second-order valence-corrected chi connectivity index (χ2v) is 3.48. The van der Waals surface area contributed by atoms with Crippen LogP contribution in [0.2, 0.25) is 0 Å². The van der Waals surface area contributed by atoms with Gasteiger partial charge in [0.2, 0.25) is 0 Å². The first kappa shape index (κ1) is 10.5. The van der Waals surface area contributed by atoms with E-state index in [1.54, 1.807) is 36.4 Å². The Hall–Kier alpha value is -2.02. The van der Waals surface area contributed by atoms with Crippen LogP contribution in [0, 0.1) is 0 Å². The van der Waals surface area contributed by atoms with Crippen molar-refractivity contribution in [3.05, 3.63) is 30.4 Å². The number of ether oxygens (including phenoxy) is 1. The normalized spacial score (nSPS) is 10.1. The molecular weight excluding hydrogens is 226 g/mol. The van der Waals surface area contributed by atoms with Crippen LogP contribution in [0.25, 0.3) is 0 Å². The molecule has 0 unspecified atom stereocenters. The average Bonchev–Trinajstić information content (AvgIpc) is 2.64. The zero-order valence-corrected chi connectivity index (χ0v) is 9.31. The van der Waals surface area contributed by atoms with Crippen molar-refractivity contribution >= 4 is 17.2 Å². The quantitative estimate of drug-likeness (QED) is 0.786. The Morgan fingerprint density at radius 2 is 2.31 bits per heavy atom. The number of aryl methyl sites for hydroxylation is 1. The van der Waals surface area contributed by atoms with Crippen LogP contribution in [0.15, 0.2) is 24.7 Å². The van der Waals surface area contributed by atoms with Gasteiger partial charge < -0.3 is 10.5 Å². The van der Waals surface area contributed by atoms with Crippen LogP contribution >= 0.6 is 12.2 Å². The number of pyridine rings is 1. The first-order chi connectivity index (χ1) is 7.65. The standard InChI is InChI=1S/C9H9N5OS/c1-14-5-12-9(13-14)15-6-2-3-11-7(4-6)8(10)16/h2-5H,1H3,(H2,10,16). The highest BCUT2D eigenvalue weighted by molar-refractivity contribution is 7.80. The van der Waals surface area contributed by atoms with Gasteiger partial charge in [-0.15, -0.1) is 5.10 Å². The summed E-state index contributed by atoms with van der Waals surface area (Å²) in [5.74, 6) is 0.545. The molecule has 0 saturated heterocycles. The Labute approximate surface area is 97.1 Å². The van der Waals surface area contributed by atoms with Gasteiger partial charge >= 0.3 is 6.01 Å². The maximum absolute atomic E-state index is 5.46. The fourth-order valence-corrected chi connectivity index (χ4v) is 1.19. The van der Waals surface area contributed by atoms with Gasteiger partial charge in [0.05, 0.1) is 0 Å². The highest BCUT2D eigenvalue weighted by atomic mass is 32.1. The third-order valence-corrected chi connectivity index (χ3v) is 1.98. The van der Waals surface area contributed by atoms with E-state index in [9.17, 15) is 0 Å². The second kappa shape index (κ2) is 4.23. The van der Waals surface area contributed by atoms with Crippen LogP contribution in [0.5, 0.6) is 11.8 Å². The van der Waals surface area contributed by atoms with E-state index in [2.05, 4.69) is 15.1 Å². The van der Waals surface area contributed by atoms with Crippen molar-refractivity contribution < 1.29 is 4.74 Å². The Bertz CT molecular complexity index is 524. The van der Waals surface area contributed by atoms with E-state index in [0.717, 1.165) is 0 Å². The summed E-state index contributed by atoms with van der Waals surface area (Å²) in [5.41, 5.74) is 5.96. The summed E-state index contributed by atoms with van der Waals surface area (Å²) < 4.78 is 6.94. The van der Waals surface area contributed by atoms with Gasteiger partial charge in [-0.2, -0.15) is 4.98 Å². The first-order valence-corrected chi connectivity index (χ1v) is 4.85. The number of hydrogen-bond acceptors (Lipinski definition) is 5. The van der Waals surface area contributed by atoms with Crippen LogP contribution in [0.4, 0.5) is 0 Å². The molecule has 0 aromatic carbocycles. The smallest absolute Gasteiger partial charge is 0.340 e. The van der Waals surface area contributed by atoms with E-state index in [1.807, 2.05) is 0 Å². The molecule has 0 aliphatic heterocycles. The minimum atomic E-state index is 0.222. The fraction of sp³-hybridized carbons (Fsp3) is 0.111. The first-order valence-electron chi connectivity index (χ1n) is 4.44. The number of aromatic nitrogens is 4. The van der Waals surface area contributed by atoms with E-state index in [0.29, 0.717) is 11.4 Å². The van der Waals surface area contributed by atoms with Crippen molar-refractivity contribution in [2.45, 2.75) is 0 Å². The molecule has 0 radical (unpaired) electrons. The average molecular weight is 235 g/mol. The molecule has 0 aliphatic carbocycles. The lowest BCUT2D eigenvalue weighted by atomic mass is 10.3. The predicted octanol–water partition coefficient (Wildman–Crippen LogP) is 0.637. The second-order valence-electron chi connectivity index (χ2n) is 3.04. The van der Waals surface area contributed by atoms with Gasteiger partial charge in [-0.1, -0.05) is 12.2 Å². The van der Waals surface area contributed by atoms with Crippen LogP contribution in [0.1, 0.15) is 5.69 Å². The number of nitrogens with two attached hydrogens (primary N) is 1. The molecule has 6 nitrogen and oxygen atoms in total. The summed E-state index contributed by atoms with van der Waals surface area (Å²) >= 11 is 4.81. The Morgan fingerprint density at radius 1 is 1.50 bits per heavy atom. The Morgan fingerprint density at radius 3 is 2.94 bits per heavy atom. The van der Waals surface area contributed by atoms with Crippen molar-refractivity contribution in [1.82, 2.24) is 19.7 Å². The molecule has 2 N–H and O–H groups in total. The van der Waals surface area contributed by atoms with Crippen molar-refractivity contribution in [2.24, 2.45) is 12.8 Å². The molecule has 2 aromatic heterocycles. The monoisotopic (exact) mass is 235 g/mol. The molecule has 0 aliphatic rings. The Kier molecular flexibility index (Phi) is 2.78. The number of rotatable bonds is 3. The lowest BCUT2D eigenvalue weighted by Crippen LogP contribution is -2.11. The predicted molar refractivity (Wildman–Crippen MR) is 61.2 cm³/mol. The zero-order valence-electron chi connectivity index (χ0n) is 8.49. The third kappa shape index (κ3) is 2.31. The van der Waals surface area contributed by atoms with Crippen LogP contribution in [-0.4, -0.2) is 24.7 Å². The molecule has 16 heavy (non-hydrogen) atoms. The molecule has 0 atom stereocenters. The molecule has 0 saturated carbocycles. The van der Waals surface area contributed by atoms with Gasteiger partial charge in [0.25, 0.3) is 0 Å². The lowest BCUT2D eigenvalue weighted by Gasteiger charge is -2.02. The van der Waals surface area contributed by atoms with Gasteiger partial charge in [-0.25, -0.2) is 0 Å². The molecular formula is C9H9N5OS. The molecule has 2 rings (SSSR count). The highest BCUT2D eigenvalue weighted by Crippen LogP contribution is 2.17. The number of hydrogen-bond donors (Lipinski definition) is 1. The molecule has 2 heterocycles. The van der Waals surface area contributed by atoms with Crippen molar-refractivity contribution in [3.63, 3.8) is 0 Å². The lowest BCUT2D eigenvalue weighted by molar-refractivity contribution is 0.438. The van der Waals surface area contributed by atoms with Gasteiger partial charge in [0, 0.05) is 19.3 Å². The largest absolute Gasteiger partial charge is 0.423 e. The van der Waals surface area contributed by atoms with Crippen molar-refractivity contribution in [3.8, 4) is 11.8 Å². The minimum Gasteiger partial charge on any atom is -0.423 e. The van der Waals surface area contributed by atoms with Gasteiger partial charge in [0.1, 0.15) is 22.8 Å². The molecule has 0 bridgehead atoms. The van der Waals surface area contributed by atoms with E-state index in [-0.39, 0.29) is 11.0 Å². The van der Waals surface area contributed by atoms with Gasteiger partial charge in [0.15, 0.2) is 0 Å². The van der Waals surface area contributed by atoms with E-state index >= 15 is 0 Å². The SMILES string of the molecule is Cn1cnc(Oc2ccnc(C(N)=S)c2)n1. The summed E-state index contributed by atoms with van der Waals surface area (Å²) in [7, 11) is 1.76. The van der Waals surface area contributed by atoms with Crippen molar-refractivity contribution in [1.29, 1.82) is 0 Å². The minimum absolute atomic E-state index is 0.222. The third-order valence-electron chi connectivity index (χ3n) is 1.77. The molecule has 2 aromatic rings. The van der Waals surface area contributed by atoms with Crippen LogP contribution in [-0.2, 0) is 7.05 Å². The number of thiocarbonyl (C=S) groups is 1. The summed E-state index contributed by atoms with van der Waals surface area (Å²) in [6.07, 6.45) is 3.11. The van der Waals surface area contributed by atoms with Crippen molar-refractivity contribution in [2.75, 3.05) is 0 Å². The topological polar surface area (TPSA) is 78.8 Å². The maximum atomic E-state index is 5.46. The summed E-state index contributed by atoms with van der Waals surface area (Å²) in [5, 5.41) is 3.98. The zero-order chi connectivity index (χ0) is 11.5. The summed E-state index contributed by atoms with van der Waals surface area (Å²) in [4.78, 5) is 8.15. The van der Waals surface area contributed by atoms with Gasteiger partial charge in [-0.3, -0.25) is 9.67 Å².